The Kier molecular flexibility index (Phi) is 6.50. The van der Waals surface area contributed by atoms with E-state index in [4.69, 9.17) is 0 Å². The third kappa shape index (κ3) is 4.80. The number of hydrogen-bond donors (Lipinski definition) is 2. The molecule has 3 rings (SSSR count). The minimum atomic E-state index is -0.599. The molecule has 31 heavy (non-hydrogen) atoms. The Bertz CT molecular complexity index is 971. The van der Waals surface area contributed by atoms with Gasteiger partial charge in [0, 0.05) is 23.3 Å². The number of anilines is 1. The van der Waals surface area contributed by atoms with Gasteiger partial charge in [-0.2, -0.15) is 5.01 Å². The highest BCUT2D eigenvalue weighted by atomic mass is 16.2. The predicted molar refractivity (Wildman–Crippen MR) is 116 cm³/mol. The SMILES string of the molecule is CC(C)N(CC(=O)Nc1ccc(C(=O)NN2C(=O)c3ccccc3C2=O)cc1)C(C)C. The fourth-order valence-corrected chi connectivity index (χ4v) is 3.49. The molecule has 8 nitrogen and oxygen atoms in total. The highest BCUT2D eigenvalue weighted by molar-refractivity contribution is 6.22. The third-order valence-corrected chi connectivity index (χ3v) is 5.09. The van der Waals surface area contributed by atoms with Gasteiger partial charge in [-0.15, -0.1) is 0 Å². The van der Waals surface area contributed by atoms with E-state index in [0.29, 0.717) is 5.69 Å². The lowest BCUT2D eigenvalue weighted by atomic mass is 10.1. The van der Waals surface area contributed by atoms with Gasteiger partial charge in [-0.05, 0) is 64.1 Å². The van der Waals surface area contributed by atoms with Gasteiger partial charge in [-0.1, -0.05) is 12.1 Å². The van der Waals surface area contributed by atoms with Gasteiger partial charge in [0.2, 0.25) is 5.91 Å². The number of nitrogens with one attached hydrogen (secondary N) is 2. The molecule has 4 amide bonds. The molecule has 1 aliphatic heterocycles. The van der Waals surface area contributed by atoms with Crippen LogP contribution in [0, 0.1) is 0 Å². The van der Waals surface area contributed by atoms with Gasteiger partial charge < -0.3 is 5.32 Å². The number of fused-ring (bicyclic) bond motifs is 1. The summed E-state index contributed by atoms with van der Waals surface area (Å²) in [6.45, 7) is 8.41. The van der Waals surface area contributed by atoms with Crippen LogP contribution in [0.4, 0.5) is 5.69 Å². The largest absolute Gasteiger partial charge is 0.325 e. The maximum Gasteiger partial charge on any atom is 0.280 e. The number of amides is 4. The molecule has 0 spiro atoms. The maximum atomic E-state index is 12.5. The second kappa shape index (κ2) is 9.09. The average molecular weight is 422 g/mol. The van der Waals surface area contributed by atoms with E-state index in [2.05, 4.69) is 15.6 Å². The zero-order valence-corrected chi connectivity index (χ0v) is 18.0. The van der Waals surface area contributed by atoms with E-state index < -0.39 is 17.7 Å². The summed E-state index contributed by atoms with van der Waals surface area (Å²) in [5.41, 5.74) is 3.66. The second-order valence-corrected chi connectivity index (χ2v) is 7.92. The molecule has 0 bridgehead atoms. The lowest BCUT2D eigenvalue weighted by molar-refractivity contribution is -0.118. The molecule has 1 aliphatic rings. The van der Waals surface area contributed by atoms with Crippen molar-refractivity contribution in [2.75, 3.05) is 11.9 Å². The number of rotatable bonds is 7. The number of benzene rings is 2. The van der Waals surface area contributed by atoms with Crippen molar-refractivity contribution < 1.29 is 19.2 Å². The number of hydrazine groups is 1. The molecular weight excluding hydrogens is 396 g/mol. The smallest absolute Gasteiger partial charge is 0.280 e. The molecule has 0 radical (unpaired) electrons. The molecule has 8 heteroatoms. The lowest BCUT2D eigenvalue weighted by Gasteiger charge is -2.29. The van der Waals surface area contributed by atoms with Gasteiger partial charge in [0.1, 0.15) is 0 Å². The topological polar surface area (TPSA) is 98.8 Å². The first kappa shape index (κ1) is 22.2. The van der Waals surface area contributed by atoms with Crippen LogP contribution < -0.4 is 10.7 Å². The zero-order valence-electron chi connectivity index (χ0n) is 18.0. The van der Waals surface area contributed by atoms with Crippen molar-refractivity contribution in [3.63, 3.8) is 0 Å². The maximum absolute atomic E-state index is 12.5. The molecule has 2 aromatic carbocycles. The Morgan fingerprint density at radius 2 is 1.39 bits per heavy atom. The number of nitrogens with zero attached hydrogens (tertiary/aromatic N) is 2. The first-order valence-corrected chi connectivity index (χ1v) is 10.1. The van der Waals surface area contributed by atoms with E-state index in [0.717, 1.165) is 5.01 Å². The molecule has 0 saturated heterocycles. The van der Waals surface area contributed by atoms with Crippen molar-refractivity contribution in [3.8, 4) is 0 Å². The fourth-order valence-electron chi connectivity index (χ4n) is 3.49. The van der Waals surface area contributed by atoms with Crippen molar-refractivity contribution >= 4 is 29.3 Å². The highest BCUT2D eigenvalue weighted by Gasteiger charge is 2.36. The molecule has 1 heterocycles. The Balaban J connectivity index is 1.61. The van der Waals surface area contributed by atoms with Gasteiger partial charge in [-0.3, -0.25) is 29.5 Å². The van der Waals surface area contributed by atoms with Crippen LogP contribution in [0.25, 0.3) is 0 Å². The Labute approximate surface area is 181 Å². The van der Waals surface area contributed by atoms with Gasteiger partial charge in [0.25, 0.3) is 17.7 Å². The standard InChI is InChI=1S/C23H26N4O4/c1-14(2)26(15(3)4)13-20(28)24-17-11-9-16(10-12-17)21(29)25-27-22(30)18-7-5-6-8-19(18)23(27)31/h5-12,14-15H,13H2,1-4H3,(H,24,28)(H,25,29). The number of hydrogen-bond acceptors (Lipinski definition) is 5. The summed E-state index contributed by atoms with van der Waals surface area (Å²) >= 11 is 0. The van der Waals surface area contributed by atoms with Crippen LogP contribution in [-0.2, 0) is 4.79 Å². The van der Waals surface area contributed by atoms with Crippen molar-refractivity contribution in [3.05, 3.63) is 65.2 Å². The van der Waals surface area contributed by atoms with Gasteiger partial charge in [0.15, 0.2) is 0 Å². The van der Waals surface area contributed by atoms with Crippen molar-refractivity contribution in [1.29, 1.82) is 0 Å². The van der Waals surface area contributed by atoms with Crippen LogP contribution in [0.1, 0.15) is 58.8 Å². The minimum Gasteiger partial charge on any atom is -0.325 e. The molecule has 2 N–H and O–H groups in total. The summed E-state index contributed by atoms with van der Waals surface area (Å²) in [7, 11) is 0. The van der Waals surface area contributed by atoms with E-state index >= 15 is 0 Å². The van der Waals surface area contributed by atoms with Gasteiger partial charge in [0.05, 0.1) is 17.7 Å². The summed E-state index contributed by atoms with van der Waals surface area (Å²) in [4.78, 5) is 51.7. The highest BCUT2D eigenvalue weighted by Crippen LogP contribution is 2.21. The van der Waals surface area contributed by atoms with Crippen molar-refractivity contribution in [1.82, 2.24) is 15.3 Å². The zero-order chi connectivity index (χ0) is 22.7. The fraction of sp³-hybridized carbons (Fsp3) is 0.304. The molecule has 0 aliphatic carbocycles. The number of carbonyl (C=O) groups is 4. The molecular formula is C23H26N4O4. The van der Waals surface area contributed by atoms with Crippen LogP contribution in [0.2, 0.25) is 0 Å². The summed E-state index contributed by atoms with van der Waals surface area (Å²) in [5, 5.41) is 3.53. The van der Waals surface area contributed by atoms with Gasteiger partial charge in [-0.25, -0.2) is 0 Å². The Morgan fingerprint density at radius 1 is 0.871 bits per heavy atom. The lowest BCUT2D eigenvalue weighted by Crippen LogP contribution is -2.45. The molecule has 2 aromatic rings. The first-order chi connectivity index (χ1) is 14.7. The third-order valence-electron chi connectivity index (χ3n) is 5.09. The van der Waals surface area contributed by atoms with Crippen LogP contribution in [-0.4, -0.2) is 52.2 Å². The predicted octanol–water partition coefficient (Wildman–Crippen LogP) is 2.68. The Hall–Kier alpha value is -3.52. The van der Waals surface area contributed by atoms with E-state index in [1.807, 2.05) is 27.7 Å². The summed E-state index contributed by atoms with van der Waals surface area (Å²) < 4.78 is 0. The molecule has 0 atom stereocenters. The molecule has 0 fully saturated rings. The molecule has 0 saturated carbocycles. The quantitative estimate of drug-likeness (QED) is 0.669. The summed E-state index contributed by atoms with van der Waals surface area (Å²) in [6, 6.07) is 13.1. The minimum absolute atomic E-state index is 0.148. The van der Waals surface area contributed by atoms with E-state index in [1.54, 1.807) is 36.4 Å². The van der Waals surface area contributed by atoms with Crippen LogP contribution in [0.5, 0.6) is 0 Å². The average Bonchev–Trinajstić information content (AvgIpc) is 2.97. The van der Waals surface area contributed by atoms with Gasteiger partial charge >= 0.3 is 0 Å². The van der Waals surface area contributed by atoms with Crippen molar-refractivity contribution in [2.24, 2.45) is 0 Å². The van der Waals surface area contributed by atoms with Crippen LogP contribution in [0.3, 0.4) is 0 Å². The van der Waals surface area contributed by atoms with E-state index in [-0.39, 0.29) is 41.2 Å². The number of carbonyl (C=O) groups excluding carboxylic acids is 4. The molecule has 162 valence electrons. The Morgan fingerprint density at radius 3 is 1.87 bits per heavy atom. The molecule has 0 aromatic heterocycles. The first-order valence-electron chi connectivity index (χ1n) is 10.1. The van der Waals surface area contributed by atoms with Crippen molar-refractivity contribution in [2.45, 2.75) is 39.8 Å². The molecule has 0 unspecified atom stereocenters. The monoisotopic (exact) mass is 422 g/mol. The normalized spacial score (nSPS) is 13.2. The van der Waals surface area contributed by atoms with E-state index in [9.17, 15) is 19.2 Å². The van der Waals surface area contributed by atoms with E-state index in [1.165, 1.54) is 12.1 Å². The summed E-state index contributed by atoms with van der Waals surface area (Å²) in [6.07, 6.45) is 0. The van der Waals surface area contributed by atoms with Crippen LogP contribution in [0.15, 0.2) is 48.5 Å². The summed E-state index contributed by atoms with van der Waals surface area (Å²) in [5.74, 6) is -1.89. The second-order valence-electron chi connectivity index (χ2n) is 7.92. The van der Waals surface area contributed by atoms with Crippen LogP contribution >= 0.6 is 0 Å². The number of imide groups is 1.